The summed E-state index contributed by atoms with van der Waals surface area (Å²) in [7, 11) is 1.51. The van der Waals surface area contributed by atoms with E-state index in [1.54, 1.807) is 6.07 Å². The van der Waals surface area contributed by atoms with Crippen LogP contribution in [0.1, 0.15) is 31.6 Å². The third kappa shape index (κ3) is 5.39. The zero-order valence-corrected chi connectivity index (χ0v) is 16.1. The van der Waals surface area contributed by atoms with Crippen molar-refractivity contribution in [2.24, 2.45) is 0 Å². The van der Waals surface area contributed by atoms with Crippen molar-refractivity contribution >= 4 is 35.3 Å². The highest BCUT2D eigenvalue weighted by molar-refractivity contribution is 8.05. The first-order chi connectivity index (χ1) is 10.6. The number of thioether (sulfide) groups is 3. The van der Waals surface area contributed by atoms with E-state index in [1.165, 1.54) is 7.11 Å². The molecular formula is C16H26O3S3. The molecule has 2 unspecified atom stereocenters. The number of hydrogen-bond acceptors (Lipinski definition) is 6. The lowest BCUT2D eigenvalue weighted by molar-refractivity contribution is 0.350. The topological polar surface area (TPSA) is 49.7 Å². The van der Waals surface area contributed by atoms with Gasteiger partial charge in [0, 0.05) is 16.3 Å². The molecule has 0 bridgehead atoms. The second-order valence-electron chi connectivity index (χ2n) is 4.62. The van der Waals surface area contributed by atoms with Gasteiger partial charge in [-0.1, -0.05) is 20.8 Å². The quantitative estimate of drug-likeness (QED) is 0.584. The molecule has 0 saturated carbocycles. The molecule has 0 aliphatic heterocycles. The number of rotatable bonds is 10. The van der Waals surface area contributed by atoms with Gasteiger partial charge in [0.1, 0.15) is 0 Å². The van der Waals surface area contributed by atoms with Gasteiger partial charge in [-0.3, -0.25) is 0 Å². The number of hydrogen-bond donors (Lipinski definition) is 2. The van der Waals surface area contributed by atoms with E-state index in [1.807, 2.05) is 41.4 Å². The fourth-order valence-electron chi connectivity index (χ4n) is 2.20. The van der Waals surface area contributed by atoms with Gasteiger partial charge in [0.15, 0.2) is 11.5 Å². The Morgan fingerprint density at radius 1 is 1.05 bits per heavy atom. The maximum absolute atomic E-state index is 9.97. The largest absolute Gasteiger partial charge is 0.504 e. The Kier molecular flexibility index (Phi) is 9.36. The van der Waals surface area contributed by atoms with Crippen LogP contribution in [0.3, 0.4) is 0 Å². The van der Waals surface area contributed by atoms with E-state index < -0.39 is 0 Å². The minimum Gasteiger partial charge on any atom is -0.504 e. The molecule has 3 nitrogen and oxygen atoms in total. The van der Waals surface area contributed by atoms with Crippen LogP contribution in [0, 0.1) is 0 Å². The van der Waals surface area contributed by atoms with Gasteiger partial charge < -0.3 is 14.9 Å². The first-order valence-electron chi connectivity index (χ1n) is 7.49. The fraction of sp³-hybridized carbons (Fsp3) is 0.625. The second-order valence-corrected chi connectivity index (χ2v) is 8.87. The number of aromatic hydroxyl groups is 2. The van der Waals surface area contributed by atoms with Crippen molar-refractivity contribution in [2.45, 2.75) is 31.3 Å². The Labute approximate surface area is 146 Å². The van der Waals surface area contributed by atoms with Gasteiger partial charge in [0.05, 0.1) is 7.11 Å². The first-order valence-corrected chi connectivity index (χ1v) is 10.7. The highest BCUT2D eigenvalue weighted by atomic mass is 32.2. The van der Waals surface area contributed by atoms with Crippen molar-refractivity contribution in [2.75, 3.05) is 30.1 Å². The molecular weight excluding hydrogens is 336 g/mol. The molecule has 1 rings (SSSR count). The van der Waals surface area contributed by atoms with Crippen molar-refractivity contribution in [1.82, 2.24) is 0 Å². The van der Waals surface area contributed by atoms with Crippen LogP contribution in [-0.4, -0.2) is 45.6 Å². The Balaban J connectivity index is 3.13. The van der Waals surface area contributed by atoms with Crippen LogP contribution in [-0.2, 0) is 0 Å². The van der Waals surface area contributed by atoms with Gasteiger partial charge >= 0.3 is 0 Å². The third-order valence-electron chi connectivity index (χ3n) is 3.18. The summed E-state index contributed by atoms with van der Waals surface area (Å²) in [6.07, 6.45) is 0. The lowest BCUT2D eigenvalue weighted by Crippen LogP contribution is -2.17. The Morgan fingerprint density at radius 2 is 1.73 bits per heavy atom. The highest BCUT2D eigenvalue weighted by Crippen LogP contribution is 2.45. The molecule has 6 heteroatoms. The van der Waals surface area contributed by atoms with Crippen LogP contribution in [0.25, 0.3) is 0 Å². The maximum Gasteiger partial charge on any atom is 0.200 e. The SMILES string of the molecule is CCSCC(SCC)C(SCC)c1cc(O)c(O)c(OC)c1. The van der Waals surface area contributed by atoms with Crippen LogP contribution in [0.15, 0.2) is 12.1 Å². The van der Waals surface area contributed by atoms with E-state index in [0.717, 1.165) is 28.6 Å². The van der Waals surface area contributed by atoms with Crippen LogP contribution in [0.5, 0.6) is 17.2 Å². The highest BCUT2D eigenvalue weighted by Gasteiger charge is 2.25. The third-order valence-corrected chi connectivity index (χ3v) is 7.06. The van der Waals surface area contributed by atoms with Crippen molar-refractivity contribution in [3.8, 4) is 17.2 Å². The number of phenols is 2. The zero-order valence-electron chi connectivity index (χ0n) is 13.7. The molecule has 0 aromatic heterocycles. The van der Waals surface area contributed by atoms with Crippen molar-refractivity contribution in [3.05, 3.63) is 17.7 Å². The summed E-state index contributed by atoms with van der Waals surface area (Å²) >= 11 is 5.78. The lowest BCUT2D eigenvalue weighted by atomic mass is 10.1. The summed E-state index contributed by atoms with van der Waals surface area (Å²) in [6.45, 7) is 6.50. The number of methoxy groups -OCH3 is 1. The minimum atomic E-state index is -0.186. The molecule has 0 spiro atoms. The number of benzene rings is 1. The second kappa shape index (κ2) is 10.4. The predicted molar refractivity (Wildman–Crippen MR) is 102 cm³/mol. The summed E-state index contributed by atoms with van der Waals surface area (Å²) in [6, 6.07) is 3.52. The molecule has 2 N–H and O–H groups in total. The van der Waals surface area contributed by atoms with E-state index in [2.05, 4.69) is 20.8 Å². The molecule has 0 heterocycles. The van der Waals surface area contributed by atoms with Gasteiger partial charge in [-0.2, -0.15) is 35.3 Å². The zero-order chi connectivity index (χ0) is 16.5. The summed E-state index contributed by atoms with van der Waals surface area (Å²) in [5.74, 6) is 4.29. The van der Waals surface area contributed by atoms with Crippen molar-refractivity contribution in [1.29, 1.82) is 0 Å². The molecule has 126 valence electrons. The van der Waals surface area contributed by atoms with E-state index >= 15 is 0 Å². The summed E-state index contributed by atoms with van der Waals surface area (Å²) < 4.78 is 5.18. The smallest absolute Gasteiger partial charge is 0.200 e. The van der Waals surface area contributed by atoms with Gasteiger partial charge in [0.2, 0.25) is 5.75 Å². The Hall–Kier alpha value is -0.330. The number of phenolic OH excluding ortho intramolecular Hbond substituents is 2. The molecule has 2 atom stereocenters. The van der Waals surface area contributed by atoms with Crippen LogP contribution in [0.2, 0.25) is 0 Å². The first kappa shape index (κ1) is 19.7. The number of ether oxygens (including phenoxy) is 1. The van der Waals surface area contributed by atoms with E-state index in [4.69, 9.17) is 4.74 Å². The minimum absolute atomic E-state index is 0.112. The van der Waals surface area contributed by atoms with Gasteiger partial charge in [-0.25, -0.2) is 0 Å². The molecule has 0 fully saturated rings. The molecule has 0 radical (unpaired) electrons. The fourth-order valence-corrected chi connectivity index (χ4v) is 5.89. The van der Waals surface area contributed by atoms with Gasteiger partial charge in [-0.15, -0.1) is 0 Å². The summed E-state index contributed by atoms with van der Waals surface area (Å²) in [5.41, 5.74) is 1.02. The molecule has 0 amide bonds. The molecule has 0 aliphatic carbocycles. The monoisotopic (exact) mass is 362 g/mol. The van der Waals surface area contributed by atoms with Gasteiger partial charge in [0.25, 0.3) is 0 Å². The Morgan fingerprint density at radius 3 is 2.27 bits per heavy atom. The molecule has 1 aromatic carbocycles. The van der Waals surface area contributed by atoms with Crippen LogP contribution < -0.4 is 4.74 Å². The van der Waals surface area contributed by atoms with Crippen molar-refractivity contribution in [3.63, 3.8) is 0 Å². The van der Waals surface area contributed by atoms with Crippen LogP contribution in [0.4, 0.5) is 0 Å². The molecule has 1 aromatic rings. The standard InChI is InChI=1S/C16H26O3S3/c1-5-20-10-14(21-6-2)16(22-7-3)11-8-12(17)15(18)13(9-11)19-4/h8-9,14,16-18H,5-7,10H2,1-4H3. The average Bonchev–Trinajstić information content (AvgIpc) is 2.52. The Bertz CT molecular complexity index is 455. The van der Waals surface area contributed by atoms with Crippen LogP contribution >= 0.6 is 35.3 Å². The summed E-state index contributed by atoms with van der Waals surface area (Å²) in [4.78, 5) is 0. The van der Waals surface area contributed by atoms with Crippen molar-refractivity contribution < 1.29 is 14.9 Å². The van der Waals surface area contributed by atoms with E-state index in [9.17, 15) is 10.2 Å². The molecule has 22 heavy (non-hydrogen) atoms. The normalized spacial score (nSPS) is 13.8. The molecule has 0 saturated heterocycles. The lowest BCUT2D eigenvalue weighted by Gasteiger charge is -2.26. The van der Waals surface area contributed by atoms with Gasteiger partial charge in [-0.05, 0) is 35.0 Å². The molecule has 0 aliphatic rings. The average molecular weight is 363 g/mol. The predicted octanol–water partition coefficient (Wildman–Crippen LogP) is 4.78. The maximum atomic E-state index is 9.97. The summed E-state index contributed by atoms with van der Waals surface area (Å²) in [5, 5.41) is 20.5. The van der Waals surface area contributed by atoms with E-state index in [0.29, 0.717) is 11.0 Å². The van der Waals surface area contributed by atoms with E-state index in [-0.39, 0.29) is 16.7 Å².